The lowest BCUT2D eigenvalue weighted by Crippen LogP contribution is -2.51. The summed E-state index contributed by atoms with van der Waals surface area (Å²) in [7, 11) is 0. The standard InChI is InChI=1S/C26H28N2O5/c1-4-9-23(25(31)28(14-17(2)3)15-24(29)30)27-26(32)33-16-22-20-12-7-5-10-18(20)19-11-6-8-13-21(19)22/h1,5-8,10-13,17,22-23H,9,14-16H2,2-3H3,(H,27,32)(H,29,30). The smallest absolute Gasteiger partial charge is 0.407 e. The van der Waals surface area contributed by atoms with Crippen LogP contribution in [-0.4, -0.2) is 53.7 Å². The summed E-state index contributed by atoms with van der Waals surface area (Å²) in [5, 5.41) is 11.7. The van der Waals surface area contributed by atoms with Crippen LogP contribution in [0.2, 0.25) is 0 Å². The number of aliphatic carboxylic acids is 1. The topological polar surface area (TPSA) is 95.9 Å². The lowest BCUT2D eigenvalue weighted by molar-refractivity contribution is -0.145. The highest BCUT2D eigenvalue weighted by molar-refractivity contribution is 5.88. The van der Waals surface area contributed by atoms with E-state index in [0.29, 0.717) is 0 Å². The van der Waals surface area contributed by atoms with Gasteiger partial charge in [-0.25, -0.2) is 4.79 Å². The fourth-order valence-electron chi connectivity index (χ4n) is 4.16. The summed E-state index contributed by atoms with van der Waals surface area (Å²) in [6.07, 6.45) is 4.55. The molecule has 2 aromatic carbocycles. The first-order valence-electron chi connectivity index (χ1n) is 10.9. The number of carboxylic acids is 1. The van der Waals surface area contributed by atoms with Crippen LogP contribution in [0.3, 0.4) is 0 Å². The number of carboxylic acid groups (broad SMARTS) is 1. The van der Waals surface area contributed by atoms with Crippen molar-refractivity contribution in [3.8, 4) is 23.5 Å². The Balaban J connectivity index is 1.69. The van der Waals surface area contributed by atoms with Crippen molar-refractivity contribution in [2.75, 3.05) is 19.7 Å². The largest absolute Gasteiger partial charge is 0.480 e. The third-order valence-corrected chi connectivity index (χ3v) is 5.48. The molecule has 3 rings (SSSR count). The van der Waals surface area contributed by atoms with Gasteiger partial charge in [-0.05, 0) is 28.2 Å². The predicted molar refractivity (Wildman–Crippen MR) is 124 cm³/mol. The molecule has 172 valence electrons. The molecular formula is C26H28N2O5. The van der Waals surface area contributed by atoms with E-state index in [1.165, 1.54) is 4.90 Å². The zero-order valence-electron chi connectivity index (χ0n) is 18.8. The number of alkyl carbamates (subject to hydrolysis) is 1. The van der Waals surface area contributed by atoms with Gasteiger partial charge in [0.15, 0.2) is 0 Å². The second kappa shape index (κ2) is 10.7. The van der Waals surface area contributed by atoms with Gasteiger partial charge < -0.3 is 20.1 Å². The fraction of sp³-hybridized carbons (Fsp3) is 0.346. The molecule has 0 radical (unpaired) electrons. The maximum atomic E-state index is 12.9. The molecule has 1 atom stereocenters. The Morgan fingerprint density at radius 2 is 1.67 bits per heavy atom. The van der Waals surface area contributed by atoms with E-state index >= 15 is 0 Å². The third-order valence-electron chi connectivity index (χ3n) is 5.48. The second-order valence-corrected chi connectivity index (χ2v) is 8.44. The van der Waals surface area contributed by atoms with Gasteiger partial charge in [0.25, 0.3) is 0 Å². The molecule has 1 aliphatic carbocycles. The molecule has 0 spiro atoms. The molecule has 1 aliphatic rings. The number of carbonyl (C=O) groups is 3. The number of benzene rings is 2. The average Bonchev–Trinajstić information content (AvgIpc) is 3.09. The molecular weight excluding hydrogens is 420 g/mol. The van der Waals surface area contributed by atoms with Crippen molar-refractivity contribution in [1.82, 2.24) is 10.2 Å². The van der Waals surface area contributed by atoms with Gasteiger partial charge in [0.05, 0.1) is 0 Å². The lowest BCUT2D eigenvalue weighted by atomic mass is 9.98. The number of hydrogen-bond acceptors (Lipinski definition) is 4. The quantitative estimate of drug-likeness (QED) is 0.573. The van der Waals surface area contributed by atoms with Crippen LogP contribution in [0.25, 0.3) is 11.1 Å². The van der Waals surface area contributed by atoms with Crippen LogP contribution in [0.15, 0.2) is 48.5 Å². The minimum atomic E-state index is -1.13. The van der Waals surface area contributed by atoms with E-state index in [1.54, 1.807) is 0 Å². The Morgan fingerprint density at radius 1 is 1.09 bits per heavy atom. The van der Waals surface area contributed by atoms with Crippen molar-refractivity contribution in [1.29, 1.82) is 0 Å². The average molecular weight is 449 g/mol. The zero-order chi connectivity index (χ0) is 24.0. The lowest BCUT2D eigenvalue weighted by Gasteiger charge is -2.27. The van der Waals surface area contributed by atoms with Crippen LogP contribution >= 0.6 is 0 Å². The number of nitrogens with one attached hydrogen (secondary N) is 1. The van der Waals surface area contributed by atoms with Gasteiger partial charge in [-0.3, -0.25) is 9.59 Å². The first-order chi connectivity index (χ1) is 15.8. The van der Waals surface area contributed by atoms with E-state index in [9.17, 15) is 14.4 Å². The molecule has 2 amide bonds. The van der Waals surface area contributed by atoms with Gasteiger partial charge in [-0.1, -0.05) is 62.4 Å². The van der Waals surface area contributed by atoms with E-state index in [-0.39, 0.29) is 31.4 Å². The number of carbonyl (C=O) groups excluding carboxylic acids is 2. The molecule has 33 heavy (non-hydrogen) atoms. The fourth-order valence-corrected chi connectivity index (χ4v) is 4.16. The van der Waals surface area contributed by atoms with Crippen LogP contribution in [0, 0.1) is 18.3 Å². The van der Waals surface area contributed by atoms with E-state index in [4.69, 9.17) is 16.3 Å². The predicted octanol–water partition coefficient (Wildman–Crippen LogP) is 3.49. The maximum absolute atomic E-state index is 12.9. The van der Waals surface area contributed by atoms with Gasteiger partial charge in [-0.15, -0.1) is 12.3 Å². The maximum Gasteiger partial charge on any atom is 0.407 e. The number of rotatable bonds is 9. The first kappa shape index (κ1) is 23.9. The molecule has 2 aromatic rings. The van der Waals surface area contributed by atoms with Gasteiger partial charge >= 0.3 is 12.1 Å². The number of ether oxygens (including phenoxy) is 1. The van der Waals surface area contributed by atoms with Crippen molar-refractivity contribution < 1.29 is 24.2 Å². The molecule has 0 heterocycles. The molecule has 7 heteroatoms. The summed E-state index contributed by atoms with van der Waals surface area (Å²) in [4.78, 5) is 37.9. The number of amides is 2. The third kappa shape index (κ3) is 5.72. The van der Waals surface area contributed by atoms with Crippen LogP contribution in [0.5, 0.6) is 0 Å². The number of hydrogen-bond donors (Lipinski definition) is 2. The van der Waals surface area contributed by atoms with Crippen LogP contribution in [0.1, 0.15) is 37.3 Å². The molecule has 0 aliphatic heterocycles. The van der Waals surface area contributed by atoms with Crippen molar-refractivity contribution in [2.45, 2.75) is 32.2 Å². The first-order valence-corrected chi connectivity index (χ1v) is 10.9. The summed E-state index contributed by atoms with van der Waals surface area (Å²) < 4.78 is 5.50. The van der Waals surface area contributed by atoms with Crippen molar-refractivity contribution in [2.24, 2.45) is 5.92 Å². The normalized spacial score (nSPS) is 12.9. The Kier molecular flexibility index (Phi) is 7.73. The molecule has 0 fully saturated rings. The van der Waals surface area contributed by atoms with Crippen molar-refractivity contribution >= 4 is 18.0 Å². The minimum absolute atomic E-state index is 0.0502. The number of fused-ring (bicyclic) bond motifs is 3. The highest BCUT2D eigenvalue weighted by Gasteiger charge is 2.31. The van der Waals surface area contributed by atoms with Crippen molar-refractivity contribution in [3.63, 3.8) is 0 Å². The Labute approximate surface area is 193 Å². The molecule has 1 unspecified atom stereocenters. The summed E-state index contributed by atoms with van der Waals surface area (Å²) in [5.74, 6) is 0.629. The summed E-state index contributed by atoms with van der Waals surface area (Å²) in [5.41, 5.74) is 4.38. The zero-order valence-corrected chi connectivity index (χ0v) is 18.8. The van der Waals surface area contributed by atoms with Gasteiger partial charge in [0.2, 0.25) is 5.91 Å². The SMILES string of the molecule is C#CCC(NC(=O)OCC1c2ccccc2-c2ccccc21)C(=O)N(CC(=O)O)CC(C)C. The minimum Gasteiger partial charge on any atom is -0.480 e. The number of terminal acetylenes is 1. The van der Waals surface area contributed by atoms with E-state index in [0.717, 1.165) is 22.3 Å². The number of nitrogens with zero attached hydrogens (tertiary/aromatic N) is 1. The summed E-state index contributed by atoms with van der Waals surface area (Å²) >= 11 is 0. The Morgan fingerprint density at radius 3 is 2.18 bits per heavy atom. The summed E-state index contributed by atoms with van der Waals surface area (Å²) in [6, 6.07) is 14.9. The van der Waals surface area contributed by atoms with Gasteiger partial charge in [-0.2, -0.15) is 0 Å². The van der Waals surface area contributed by atoms with Crippen molar-refractivity contribution in [3.05, 3.63) is 59.7 Å². The molecule has 0 bridgehead atoms. The summed E-state index contributed by atoms with van der Waals surface area (Å²) in [6.45, 7) is 3.61. The molecule has 0 aromatic heterocycles. The van der Waals surface area contributed by atoms with Gasteiger partial charge in [0.1, 0.15) is 19.2 Å². The molecule has 2 N–H and O–H groups in total. The molecule has 0 saturated carbocycles. The van der Waals surface area contributed by atoms with E-state index < -0.39 is 30.6 Å². The highest BCUT2D eigenvalue weighted by Crippen LogP contribution is 2.44. The van der Waals surface area contributed by atoms with E-state index in [1.807, 2.05) is 62.4 Å². The monoisotopic (exact) mass is 448 g/mol. The molecule has 0 saturated heterocycles. The van der Waals surface area contributed by atoms with E-state index in [2.05, 4.69) is 11.2 Å². The van der Waals surface area contributed by atoms with Gasteiger partial charge in [0, 0.05) is 18.9 Å². The Bertz CT molecular complexity index is 1030. The Hall–Kier alpha value is -3.79. The van der Waals surface area contributed by atoms with Crippen LogP contribution in [-0.2, 0) is 14.3 Å². The molecule has 7 nitrogen and oxygen atoms in total. The second-order valence-electron chi connectivity index (χ2n) is 8.44. The van der Waals surface area contributed by atoms with Crippen LogP contribution < -0.4 is 5.32 Å². The highest BCUT2D eigenvalue weighted by atomic mass is 16.5. The van der Waals surface area contributed by atoms with Crippen LogP contribution in [0.4, 0.5) is 4.79 Å².